The van der Waals surface area contributed by atoms with Gasteiger partial charge in [0.05, 0.1) is 22.8 Å². The van der Waals surface area contributed by atoms with Crippen molar-refractivity contribution in [3.05, 3.63) is 63.3 Å². The first-order valence-electron chi connectivity index (χ1n) is 7.96. The number of hydrogen-bond acceptors (Lipinski definition) is 5. The minimum atomic E-state index is -1.20. The zero-order valence-electron chi connectivity index (χ0n) is 14.7. The van der Waals surface area contributed by atoms with Gasteiger partial charge in [-0.05, 0) is 19.1 Å². The molecule has 1 aromatic heterocycles. The van der Waals surface area contributed by atoms with E-state index in [0.717, 1.165) is 0 Å². The van der Waals surface area contributed by atoms with Crippen molar-refractivity contribution in [1.82, 2.24) is 5.16 Å². The van der Waals surface area contributed by atoms with Crippen molar-refractivity contribution in [2.45, 2.75) is 6.92 Å². The SMILES string of the molecule is COc1cc(NC(=O)c2c(-c3ccccc3Cl)noc2C)c(Cl)cc1C(=O)O. The maximum atomic E-state index is 12.9. The number of carboxylic acid groups (broad SMARTS) is 1. The maximum Gasteiger partial charge on any atom is 0.339 e. The molecule has 0 saturated heterocycles. The Balaban J connectivity index is 2.01. The monoisotopic (exact) mass is 420 g/mol. The summed E-state index contributed by atoms with van der Waals surface area (Å²) in [5.41, 5.74) is 1.06. The predicted molar refractivity (Wildman–Crippen MR) is 105 cm³/mol. The summed E-state index contributed by atoms with van der Waals surface area (Å²) in [6, 6.07) is 9.45. The van der Waals surface area contributed by atoms with Crippen molar-refractivity contribution in [3.63, 3.8) is 0 Å². The van der Waals surface area contributed by atoms with Crippen LogP contribution in [0.3, 0.4) is 0 Å². The summed E-state index contributed by atoms with van der Waals surface area (Å²) in [5, 5.41) is 16.2. The van der Waals surface area contributed by atoms with Crippen LogP contribution in [0.25, 0.3) is 11.3 Å². The summed E-state index contributed by atoms with van der Waals surface area (Å²) < 4.78 is 10.3. The van der Waals surface area contributed by atoms with E-state index in [9.17, 15) is 14.7 Å². The molecular weight excluding hydrogens is 407 g/mol. The highest BCUT2D eigenvalue weighted by Crippen LogP contribution is 2.34. The smallest absolute Gasteiger partial charge is 0.339 e. The minimum absolute atomic E-state index is 0.0416. The van der Waals surface area contributed by atoms with Gasteiger partial charge >= 0.3 is 5.97 Å². The molecule has 3 rings (SSSR count). The number of aromatic carboxylic acids is 1. The first-order valence-corrected chi connectivity index (χ1v) is 8.72. The lowest BCUT2D eigenvalue weighted by molar-refractivity contribution is 0.0693. The van der Waals surface area contributed by atoms with Crippen LogP contribution in [0, 0.1) is 6.92 Å². The standard InChI is InChI=1S/C19H14Cl2N2O5/c1-9-16(17(23-28-9)10-5-3-4-6-12(10)20)18(24)22-14-8-15(27-2)11(19(25)26)7-13(14)21/h3-8H,1-2H3,(H,22,24)(H,25,26). The molecule has 7 nitrogen and oxygen atoms in total. The number of carboxylic acids is 1. The van der Waals surface area contributed by atoms with Crippen LogP contribution in [0.2, 0.25) is 10.0 Å². The Hall–Kier alpha value is -3.03. The van der Waals surface area contributed by atoms with Crippen molar-refractivity contribution in [1.29, 1.82) is 0 Å². The number of rotatable bonds is 5. The molecule has 2 N–H and O–H groups in total. The number of halogens is 2. The van der Waals surface area contributed by atoms with Crippen molar-refractivity contribution in [2.75, 3.05) is 12.4 Å². The average Bonchev–Trinajstić information content (AvgIpc) is 3.04. The minimum Gasteiger partial charge on any atom is -0.496 e. The van der Waals surface area contributed by atoms with E-state index in [1.165, 1.54) is 19.2 Å². The van der Waals surface area contributed by atoms with Crippen LogP contribution in [-0.2, 0) is 0 Å². The van der Waals surface area contributed by atoms with Gasteiger partial charge in [0.1, 0.15) is 28.3 Å². The number of benzene rings is 2. The summed E-state index contributed by atoms with van der Waals surface area (Å²) >= 11 is 12.3. The molecule has 1 heterocycles. The number of carbonyl (C=O) groups is 2. The number of nitrogens with one attached hydrogen (secondary N) is 1. The van der Waals surface area contributed by atoms with E-state index in [4.69, 9.17) is 32.5 Å². The Morgan fingerprint density at radius 1 is 1.18 bits per heavy atom. The highest BCUT2D eigenvalue weighted by Gasteiger charge is 2.24. The van der Waals surface area contributed by atoms with Crippen molar-refractivity contribution < 1.29 is 24.0 Å². The Kier molecular flexibility index (Phi) is 5.58. The number of carbonyl (C=O) groups excluding carboxylic acids is 1. The lowest BCUT2D eigenvalue weighted by Crippen LogP contribution is -2.14. The fourth-order valence-electron chi connectivity index (χ4n) is 2.65. The Morgan fingerprint density at radius 3 is 2.54 bits per heavy atom. The lowest BCUT2D eigenvalue weighted by atomic mass is 10.1. The Bertz CT molecular complexity index is 1080. The third-order valence-electron chi connectivity index (χ3n) is 3.99. The zero-order valence-corrected chi connectivity index (χ0v) is 16.3. The number of amides is 1. The van der Waals surface area contributed by atoms with Gasteiger partial charge < -0.3 is 19.7 Å². The first-order chi connectivity index (χ1) is 13.3. The molecule has 0 radical (unpaired) electrons. The van der Waals surface area contributed by atoms with Crippen LogP contribution in [0.4, 0.5) is 5.69 Å². The first kappa shape index (κ1) is 19.7. The number of nitrogens with zero attached hydrogens (tertiary/aromatic N) is 1. The second-order valence-corrected chi connectivity index (χ2v) is 6.55. The van der Waals surface area contributed by atoms with Gasteiger partial charge in [0.25, 0.3) is 5.91 Å². The number of anilines is 1. The van der Waals surface area contributed by atoms with Gasteiger partial charge in [-0.25, -0.2) is 4.79 Å². The van der Waals surface area contributed by atoms with E-state index >= 15 is 0 Å². The van der Waals surface area contributed by atoms with Gasteiger partial charge in [-0.15, -0.1) is 0 Å². The summed E-state index contributed by atoms with van der Waals surface area (Å²) in [6.45, 7) is 1.60. The molecule has 1 amide bonds. The average molecular weight is 421 g/mol. The van der Waals surface area contributed by atoms with E-state index in [2.05, 4.69) is 10.5 Å². The van der Waals surface area contributed by atoms with Gasteiger partial charge in [0.2, 0.25) is 0 Å². The van der Waals surface area contributed by atoms with Crippen LogP contribution in [0.5, 0.6) is 5.75 Å². The molecule has 0 saturated carbocycles. The second kappa shape index (κ2) is 7.92. The number of hydrogen-bond donors (Lipinski definition) is 2. The molecule has 0 aliphatic carbocycles. The largest absolute Gasteiger partial charge is 0.496 e. The second-order valence-electron chi connectivity index (χ2n) is 5.73. The van der Waals surface area contributed by atoms with Gasteiger partial charge in [-0.3, -0.25) is 4.79 Å². The van der Waals surface area contributed by atoms with Crippen LogP contribution < -0.4 is 10.1 Å². The third kappa shape index (κ3) is 3.67. The summed E-state index contributed by atoms with van der Waals surface area (Å²) in [5.74, 6) is -1.40. The van der Waals surface area contributed by atoms with Crippen LogP contribution in [0.1, 0.15) is 26.5 Å². The fraction of sp³-hybridized carbons (Fsp3) is 0.105. The summed E-state index contributed by atoms with van der Waals surface area (Å²) in [6.07, 6.45) is 0. The van der Waals surface area contributed by atoms with E-state index < -0.39 is 11.9 Å². The van der Waals surface area contributed by atoms with Gasteiger partial charge in [0.15, 0.2) is 0 Å². The molecule has 9 heteroatoms. The molecule has 0 aliphatic heterocycles. The third-order valence-corrected chi connectivity index (χ3v) is 4.63. The highest BCUT2D eigenvalue weighted by molar-refractivity contribution is 6.35. The molecule has 0 unspecified atom stereocenters. The molecule has 0 bridgehead atoms. The number of aryl methyl sites for hydroxylation is 1. The number of ether oxygens (including phenoxy) is 1. The maximum absolute atomic E-state index is 12.9. The Labute approximate surface area is 169 Å². The molecule has 0 aliphatic rings. The summed E-state index contributed by atoms with van der Waals surface area (Å²) in [7, 11) is 1.32. The molecule has 0 atom stereocenters. The van der Waals surface area contributed by atoms with Gasteiger partial charge in [-0.1, -0.05) is 46.6 Å². The van der Waals surface area contributed by atoms with Gasteiger partial charge in [-0.2, -0.15) is 0 Å². The quantitative estimate of drug-likeness (QED) is 0.607. The number of aromatic nitrogens is 1. The molecule has 144 valence electrons. The van der Waals surface area contributed by atoms with E-state index in [0.29, 0.717) is 10.6 Å². The summed E-state index contributed by atoms with van der Waals surface area (Å²) in [4.78, 5) is 24.2. The van der Waals surface area contributed by atoms with E-state index in [1.807, 2.05) is 0 Å². The van der Waals surface area contributed by atoms with Gasteiger partial charge in [0, 0.05) is 11.6 Å². The normalized spacial score (nSPS) is 10.6. The topological polar surface area (TPSA) is 102 Å². The van der Waals surface area contributed by atoms with Crippen molar-refractivity contribution >= 4 is 40.8 Å². The van der Waals surface area contributed by atoms with Crippen LogP contribution in [0.15, 0.2) is 40.9 Å². The van der Waals surface area contributed by atoms with Crippen LogP contribution in [-0.4, -0.2) is 29.2 Å². The van der Waals surface area contributed by atoms with E-state index in [-0.39, 0.29) is 39.0 Å². The lowest BCUT2D eigenvalue weighted by Gasteiger charge is -2.12. The van der Waals surface area contributed by atoms with Crippen molar-refractivity contribution in [2.24, 2.45) is 0 Å². The molecule has 3 aromatic rings. The predicted octanol–water partition coefficient (Wildman–Crippen LogP) is 4.92. The zero-order chi connectivity index (χ0) is 20.4. The van der Waals surface area contributed by atoms with E-state index in [1.54, 1.807) is 31.2 Å². The Morgan fingerprint density at radius 2 is 1.89 bits per heavy atom. The van der Waals surface area contributed by atoms with Crippen LogP contribution >= 0.6 is 23.2 Å². The molecule has 0 spiro atoms. The molecular formula is C19H14Cl2N2O5. The number of methoxy groups -OCH3 is 1. The molecule has 0 fully saturated rings. The molecule has 28 heavy (non-hydrogen) atoms. The molecule has 2 aromatic carbocycles. The fourth-order valence-corrected chi connectivity index (χ4v) is 3.08. The van der Waals surface area contributed by atoms with Crippen molar-refractivity contribution in [3.8, 4) is 17.0 Å². The highest BCUT2D eigenvalue weighted by atomic mass is 35.5.